The number of hydrogen-bond acceptors (Lipinski definition) is 3. The topological polar surface area (TPSA) is 64.7 Å². The summed E-state index contributed by atoms with van der Waals surface area (Å²) in [4.78, 5) is 17.3. The fourth-order valence-electron chi connectivity index (χ4n) is 4.11. The molecule has 34 heavy (non-hydrogen) atoms. The van der Waals surface area contributed by atoms with Gasteiger partial charge in [-0.3, -0.25) is 4.79 Å². The largest absolute Gasteiger partial charge is 0.348 e. The zero-order valence-corrected chi connectivity index (χ0v) is 19.0. The summed E-state index contributed by atoms with van der Waals surface area (Å²) in [6.07, 6.45) is 3.94. The number of carbonyl (C=O) groups is 1. The molecule has 5 aromatic rings. The number of nitrogens with zero attached hydrogens (tertiary/aromatic N) is 4. The van der Waals surface area contributed by atoms with Crippen LogP contribution in [0.1, 0.15) is 32.7 Å². The van der Waals surface area contributed by atoms with Crippen LogP contribution in [-0.4, -0.2) is 25.2 Å². The predicted molar refractivity (Wildman–Crippen MR) is 129 cm³/mol. The van der Waals surface area contributed by atoms with Crippen LogP contribution in [0.2, 0.25) is 0 Å². The van der Waals surface area contributed by atoms with Crippen LogP contribution in [0.5, 0.6) is 0 Å². The van der Waals surface area contributed by atoms with E-state index in [-0.39, 0.29) is 18.3 Å². The summed E-state index contributed by atoms with van der Waals surface area (Å²) in [6, 6.07) is 19.8. The Labute approximate surface area is 196 Å². The molecule has 0 bridgehead atoms. The van der Waals surface area contributed by atoms with Gasteiger partial charge >= 0.3 is 0 Å². The molecule has 3 heterocycles. The second-order valence-electron chi connectivity index (χ2n) is 8.32. The van der Waals surface area contributed by atoms with Gasteiger partial charge in [-0.1, -0.05) is 30.3 Å². The van der Waals surface area contributed by atoms with E-state index in [1.807, 2.05) is 52.8 Å². The first kappa shape index (κ1) is 21.6. The van der Waals surface area contributed by atoms with Crippen LogP contribution in [0, 0.1) is 19.7 Å². The van der Waals surface area contributed by atoms with E-state index in [4.69, 9.17) is 10.1 Å². The number of nitrogens with one attached hydrogen (secondary N) is 1. The van der Waals surface area contributed by atoms with Crippen molar-refractivity contribution in [3.63, 3.8) is 0 Å². The Bertz CT molecular complexity index is 1470. The SMILES string of the molecule is Cc1cc(C)c2c(-n3cccc3)nn(Cc3ccc(C(=O)NCc4ccccc4F)cc3)c2n1. The van der Waals surface area contributed by atoms with Gasteiger partial charge in [-0.25, -0.2) is 14.1 Å². The fourth-order valence-corrected chi connectivity index (χ4v) is 4.11. The maximum atomic E-state index is 13.8. The van der Waals surface area contributed by atoms with Crippen molar-refractivity contribution in [2.24, 2.45) is 0 Å². The minimum atomic E-state index is -0.331. The first-order valence-corrected chi connectivity index (χ1v) is 11.1. The summed E-state index contributed by atoms with van der Waals surface area (Å²) >= 11 is 0. The monoisotopic (exact) mass is 453 g/mol. The standard InChI is InChI=1S/C27H24FN5O/c1-18-15-19(2)30-25-24(18)26(32-13-5-6-14-32)31-33(25)17-20-9-11-21(12-10-20)27(34)29-16-22-7-3-4-8-23(22)28/h3-15H,16-17H2,1-2H3,(H,29,34). The first-order valence-electron chi connectivity index (χ1n) is 11.1. The van der Waals surface area contributed by atoms with Crippen LogP contribution in [0.25, 0.3) is 16.9 Å². The number of amides is 1. The molecule has 7 heteroatoms. The van der Waals surface area contributed by atoms with Gasteiger partial charge in [-0.05, 0) is 61.4 Å². The Morgan fingerprint density at radius 2 is 1.74 bits per heavy atom. The summed E-state index contributed by atoms with van der Waals surface area (Å²) < 4.78 is 17.7. The highest BCUT2D eigenvalue weighted by molar-refractivity contribution is 5.94. The molecule has 0 unspecified atom stereocenters. The van der Waals surface area contributed by atoms with Crippen molar-refractivity contribution in [3.05, 3.63) is 113 Å². The van der Waals surface area contributed by atoms with E-state index >= 15 is 0 Å². The number of hydrogen-bond donors (Lipinski definition) is 1. The highest BCUT2D eigenvalue weighted by Crippen LogP contribution is 2.26. The highest BCUT2D eigenvalue weighted by atomic mass is 19.1. The third kappa shape index (κ3) is 4.20. The van der Waals surface area contributed by atoms with Gasteiger partial charge in [0.05, 0.1) is 11.9 Å². The lowest BCUT2D eigenvalue weighted by molar-refractivity contribution is 0.0950. The Kier molecular flexibility index (Phi) is 5.67. The minimum absolute atomic E-state index is 0.138. The molecule has 3 aromatic heterocycles. The lowest BCUT2D eigenvalue weighted by Crippen LogP contribution is -2.23. The van der Waals surface area contributed by atoms with Gasteiger partial charge in [0.15, 0.2) is 11.5 Å². The third-order valence-corrected chi connectivity index (χ3v) is 5.80. The smallest absolute Gasteiger partial charge is 0.251 e. The van der Waals surface area contributed by atoms with Crippen LogP contribution >= 0.6 is 0 Å². The van der Waals surface area contributed by atoms with E-state index in [2.05, 4.69) is 18.3 Å². The molecule has 0 aliphatic carbocycles. The van der Waals surface area contributed by atoms with E-state index in [1.54, 1.807) is 30.3 Å². The second kappa shape index (κ2) is 8.94. The van der Waals surface area contributed by atoms with Crippen molar-refractivity contribution in [1.82, 2.24) is 24.6 Å². The number of aromatic nitrogens is 4. The van der Waals surface area contributed by atoms with Gasteiger partial charge in [-0.2, -0.15) is 5.10 Å². The third-order valence-electron chi connectivity index (χ3n) is 5.80. The molecule has 1 amide bonds. The van der Waals surface area contributed by atoms with Crippen LogP contribution in [0.3, 0.4) is 0 Å². The predicted octanol–water partition coefficient (Wildman–Crippen LogP) is 4.96. The van der Waals surface area contributed by atoms with E-state index in [0.29, 0.717) is 17.7 Å². The zero-order chi connectivity index (χ0) is 23.7. The van der Waals surface area contributed by atoms with Crippen molar-refractivity contribution < 1.29 is 9.18 Å². The normalized spacial score (nSPS) is 11.1. The van der Waals surface area contributed by atoms with Crippen molar-refractivity contribution in [1.29, 1.82) is 0 Å². The minimum Gasteiger partial charge on any atom is -0.348 e. The molecule has 0 radical (unpaired) electrons. The molecular weight excluding hydrogens is 429 g/mol. The van der Waals surface area contributed by atoms with Crippen LogP contribution in [0.15, 0.2) is 79.1 Å². The van der Waals surface area contributed by atoms with E-state index in [1.165, 1.54) is 6.07 Å². The molecule has 0 atom stereocenters. The van der Waals surface area contributed by atoms with Crippen LogP contribution in [0.4, 0.5) is 4.39 Å². The Morgan fingerprint density at radius 1 is 1.00 bits per heavy atom. The summed E-state index contributed by atoms with van der Waals surface area (Å²) in [5.74, 6) is 0.263. The number of pyridine rings is 1. The summed E-state index contributed by atoms with van der Waals surface area (Å²) in [7, 11) is 0. The lowest BCUT2D eigenvalue weighted by Gasteiger charge is -2.08. The Hall–Kier alpha value is -4.26. The highest BCUT2D eigenvalue weighted by Gasteiger charge is 2.16. The van der Waals surface area contributed by atoms with Crippen LogP contribution < -0.4 is 5.32 Å². The molecule has 2 aromatic carbocycles. The number of rotatable bonds is 6. The number of carbonyl (C=O) groups excluding carboxylic acids is 1. The van der Waals surface area contributed by atoms with E-state index < -0.39 is 0 Å². The van der Waals surface area contributed by atoms with Gasteiger partial charge in [-0.15, -0.1) is 0 Å². The molecule has 0 spiro atoms. The second-order valence-corrected chi connectivity index (χ2v) is 8.32. The van der Waals surface area contributed by atoms with Gasteiger partial charge in [0.2, 0.25) is 0 Å². The fraction of sp³-hybridized carbons (Fsp3) is 0.148. The zero-order valence-electron chi connectivity index (χ0n) is 19.0. The maximum absolute atomic E-state index is 13.8. The van der Waals surface area contributed by atoms with Crippen LogP contribution in [-0.2, 0) is 13.1 Å². The summed E-state index contributed by atoms with van der Waals surface area (Å²) in [5.41, 5.74) is 4.85. The molecular formula is C27H24FN5O. The van der Waals surface area contributed by atoms with Crippen molar-refractivity contribution in [2.45, 2.75) is 26.9 Å². The molecule has 0 aliphatic heterocycles. The number of benzene rings is 2. The molecule has 1 N–H and O–H groups in total. The maximum Gasteiger partial charge on any atom is 0.251 e. The Morgan fingerprint density at radius 3 is 2.47 bits per heavy atom. The molecule has 170 valence electrons. The average Bonchev–Trinajstić information content (AvgIpc) is 3.47. The molecule has 6 nitrogen and oxygen atoms in total. The number of halogens is 1. The molecule has 0 saturated carbocycles. The lowest BCUT2D eigenvalue weighted by atomic mass is 10.1. The van der Waals surface area contributed by atoms with Gasteiger partial charge < -0.3 is 9.88 Å². The molecule has 0 fully saturated rings. The van der Waals surface area contributed by atoms with E-state index in [9.17, 15) is 9.18 Å². The van der Waals surface area contributed by atoms with Gasteiger partial charge in [0.25, 0.3) is 5.91 Å². The molecule has 0 saturated heterocycles. The summed E-state index contributed by atoms with van der Waals surface area (Å²) in [6.45, 7) is 4.71. The average molecular weight is 454 g/mol. The summed E-state index contributed by atoms with van der Waals surface area (Å²) in [5, 5.41) is 8.65. The number of aryl methyl sites for hydroxylation is 2. The first-order chi connectivity index (χ1) is 16.5. The number of fused-ring (bicyclic) bond motifs is 1. The van der Waals surface area contributed by atoms with E-state index in [0.717, 1.165) is 33.7 Å². The molecule has 0 aliphatic rings. The Balaban J connectivity index is 1.37. The van der Waals surface area contributed by atoms with Gasteiger partial charge in [0, 0.05) is 35.8 Å². The quantitative estimate of drug-likeness (QED) is 0.395. The van der Waals surface area contributed by atoms with Gasteiger partial charge in [0.1, 0.15) is 5.82 Å². The van der Waals surface area contributed by atoms with Crippen molar-refractivity contribution >= 4 is 16.9 Å². The van der Waals surface area contributed by atoms with Crippen molar-refractivity contribution in [3.8, 4) is 5.82 Å². The molecule has 5 rings (SSSR count). The van der Waals surface area contributed by atoms with Crippen molar-refractivity contribution in [2.75, 3.05) is 0 Å².